The molecule has 2 unspecified atom stereocenters. The van der Waals surface area contributed by atoms with Gasteiger partial charge in [0.15, 0.2) is 6.04 Å². The van der Waals surface area contributed by atoms with Crippen LogP contribution < -0.4 is 0 Å². The Balaban J connectivity index is 2.26. The van der Waals surface area contributed by atoms with Gasteiger partial charge in [-0.15, -0.1) is 13.2 Å². The SMILES string of the molecule is C=CCN1C(=O)N(CC=C)C2C(=O)OCC21. The zero-order valence-electron chi connectivity index (χ0n) is 8.96. The number of cyclic esters (lactones) is 1. The van der Waals surface area contributed by atoms with E-state index in [2.05, 4.69) is 13.2 Å². The first-order valence-corrected chi connectivity index (χ1v) is 5.16. The minimum atomic E-state index is -0.481. The predicted octanol–water partition coefficient (Wildman–Crippen LogP) is 0.390. The molecule has 2 aliphatic rings. The predicted molar refractivity (Wildman–Crippen MR) is 57.7 cm³/mol. The molecule has 0 bridgehead atoms. The molecule has 2 amide bonds. The van der Waals surface area contributed by atoms with E-state index in [-0.39, 0.29) is 24.6 Å². The summed E-state index contributed by atoms with van der Waals surface area (Å²) in [5, 5.41) is 0. The molecular weight excluding hydrogens is 208 g/mol. The van der Waals surface area contributed by atoms with Crippen molar-refractivity contribution in [2.75, 3.05) is 19.7 Å². The monoisotopic (exact) mass is 222 g/mol. The summed E-state index contributed by atoms with van der Waals surface area (Å²) in [6.07, 6.45) is 3.26. The van der Waals surface area contributed by atoms with Crippen LogP contribution in [0.1, 0.15) is 0 Å². The van der Waals surface area contributed by atoms with Gasteiger partial charge in [0, 0.05) is 13.1 Å². The third-order valence-electron chi connectivity index (χ3n) is 2.88. The number of hydrogen-bond acceptors (Lipinski definition) is 3. The van der Waals surface area contributed by atoms with Crippen LogP contribution in [0.2, 0.25) is 0 Å². The summed E-state index contributed by atoms with van der Waals surface area (Å²) in [6.45, 7) is 8.26. The summed E-state index contributed by atoms with van der Waals surface area (Å²) >= 11 is 0. The maximum absolute atomic E-state index is 12.0. The fourth-order valence-electron chi connectivity index (χ4n) is 2.21. The van der Waals surface area contributed by atoms with E-state index in [1.54, 1.807) is 17.1 Å². The Morgan fingerprint density at radius 2 is 1.88 bits per heavy atom. The molecule has 5 heteroatoms. The van der Waals surface area contributed by atoms with Crippen LogP contribution in [0.5, 0.6) is 0 Å². The number of ether oxygens (including phenoxy) is 1. The number of urea groups is 1. The number of amides is 2. The standard InChI is InChI=1S/C11H14N2O3/c1-3-5-12-8-7-16-10(14)9(8)13(6-4-2)11(12)15/h3-4,8-9H,1-2,5-7H2. The topological polar surface area (TPSA) is 49.9 Å². The van der Waals surface area contributed by atoms with Crippen molar-refractivity contribution in [2.45, 2.75) is 12.1 Å². The van der Waals surface area contributed by atoms with Crippen LogP contribution in [-0.2, 0) is 9.53 Å². The molecule has 2 aliphatic heterocycles. The molecule has 5 nitrogen and oxygen atoms in total. The Bertz CT molecular complexity index is 353. The summed E-state index contributed by atoms with van der Waals surface area (Å²) in [5.74, 6) is -0.327. The van der Waals surface area contributed by atoms with Crippen LogP contribution in [0, 0.1) is 0 Å². The van der Waals surface area contributed by atoms with Crippen LogP contribution >= 0.6 is 0 Å². The number of carbonyl (C=O) groups is 2. The fraction of sp³-hybridized carbons (Fsp3) is 0.455. The molecule has 0 radical (unpaired) electrons. The highest BCUT2D eigenvalue weighted by Gasteiger charge is 2.53. The van der Waals surface area contributed by atoms with Crippen LogP contribution in [0.3, 0.4) is 0 Å². The van der Waals surface area contributed by atoms with Crippen molar-refractivity contribution < 1.29 is 14.3 Å². The van der Waals surface area contributed by atoms with Crippen LogP contribution in [-0.4, -0.2) is 53.6 Å². The molecule has 2 saturated heterocycles. The zero-order chi connectivity index (χ0) is 11.7. The highest BCUT2D eigenvalue weighted by Crippen LogP contribution is 2.28. The first-order chi connectivity index (χ1) is 7.70. The summed E-state index contributed by atoms with van der Waals surface area (Å²) in [7, 11) is 0. The number of rotatable bonds is 4. The normalized spacial score (nSPS) is 28.0. The molecule has 0 saturated carbocycles. The van der Waals surface area contributed by atoms with Crippen molar-refractivity contribution >= 4 is 12.0 Å². The Labute approximate surface area is 94.0 Å². The van der Waals surface area contributed by atoms with Gasteiger partial charge in [0.25, 0.3) is 0 Å². The lowest BCUT2D eigenvalue weighted by atomic mass is 10.1. The van der Waals surface area contributed by atoms with Gasteiger partial charge in [0.05, 0.1) is 6.04 Å². The summed E-state index contributed by atoms with van der Waals surface area (Å²) in [5.41, 5.74) is 0. The molecule has 2 rings (SSSR count). The van der Waals surface area contributed by atoms with Crippen molar-refractivity contribution in [3.8, 4) is 0 Å². The van der Waals surface area contributed by atoms with Crippen molar-refractivity contribution in [3.05, 3.63) is 25.3 Å². The zero-order valence-corrected chi connectivity index (χ0v) is 8.96. The van der Waals surface area contributed by atoms with Gasteiger partial charge in [-0.25, -0.2) is 9.59 Å². The van der Waals surface area contributed by atoms with E-state index in [4.69, 9.17) is 4.74 Å². The van der Waals surface area contributed by atoms with Crippen LogP contribution in [0.25, 0.3) is 0 Å². The van der Waals surface area contributed by atoms with Gasteiger partial charge in [0.1, 0.15) is 6.61 Å². The number of esters is 1. The van der Waals surface area contributed by atoms with Gasteiger partial charge < -0.3 is 14.5 Å². The summed E-state index contributed by atoms with van der Waals surface area (Å²) in [6, 6.07) is -0.810. The lowest BCUT2D eigenvalue weighted by Crippen LogP contribution is -2.39. The first-order valence-electron chi connectivity index (χ1n) is 5.16. The lowest BCUT2D eigenvalue weighted by Gasteiger charge is -2.19. The minimum Gasteiger partial charge on any atom is -0.462 e. The van der Waals surface area contributed by atoms with E-state index in [0.717, 1.165) is 0 Å². The van der Waals surface area contributed by atoms with Crippen molar-refractivity contribution in [2.24, 2.45) is 0 Å². The second-order valence-electron chi connectivity index (χ2n) is 3.81. The van der Waals surface area contributed by atoms with Gasteiger partial charge in [-0.05, 0) is 0 Å². The number of fused-ring (bicyclic) bond motifs is 1. The molecule has 86 valence electrons. The quantitative estimate of drug-likeness (QED) is 0.510. The van der Waals surface area contributed by atoms with Crippen molar-refractivity contribution in [3.63, 3.8) is 0 Å². The highest BCUT2D eigenvalue weighted by molar-refractivity contribution is 5.90. The Morgan fingerprint density at radius 3 is 2.50 bits per heavy atom. The Morgan fingerprint density at radius 1 is 1.25 bits per heavy atom. The third kappa shape index (κ3) is 1.39. The first kappa shape index (κ1) is 10.7. The van der Waals surface area contributed by atoms with E-state index in [1.165, 1.54) is 4.90 Å². The van der Waals surface area contributed by atoms with E-state index < -0.39 is 6.04 Å². The largest absolute Gasteiger partial charge is 0.462 e. The lowest BCUT2D eigenvalue weighted by molar-refractivity contribution is -0.141. The molecule has 0 spiro atoms. The molecule has 0 N–H and O–H groups in total. The Hall–Kier alpha value is -1.78. The summed E-state index contributed by atoms with van der Waals surface area (Å²) < 4.78 is 4.98. The number of nitrogens with zero attached hydrogens (tertiary/aromatic N) is 2. The minimum absolute atomic E-state index is 0.147. The molecule has 2 atom stereocenters. The molecule has 16 heavy (non-hydrogen) atoms. The maximum Gasteiger partial charge on any atom is 0.331 e. The van der Waals surface area contributed by atoms with Crippen LogP contribution in [0.15, 0.2) is 25.3 Å². The average molecular weight is 222 g/mol. The van der Waals surface area contributed by atoms with E-state index in [9.17, 15) is 9.59 Å². The summed E-state index contributed by atoms with van der Waals surface area (Å²) in [4.78, 5) is 26.6. The number of carbonyl (C=O) groups excluding carboxylic acids is 2. The third-order valence-corrected chi connectivity index (χ3v) is 2.88. The van der Waals surface area contributed by atoms with Gasteiger partial charge in [-0.2, -0.15) is 0 Å². The molecule has 0 aromatic heterocycles. The average Bonchev–Trinajstić information content (AvgIpc) is 2.74. The fourth-order valence-corrected chi connectivity index (χ4v) is 2.21. The molecule has 2 heterocycles. The second kappa shape index (κ2) is 4.00. The van der Waals surface area contributed by atoms with Gasteiger partial charge in [-0.3, -0.25) is 0 Å². The van der Waals surface area contributed by atoms with Gasteiger partial charge >= 0.3 is 12.0 Å². The molecule has 0 aliphatic carbocycles. The van der Waals surface area contributed by atoms with Gasteiger partial charge in [-0.1, -0.05) is 12.2 Å². The van der Waals surface area contributed by atoms with Crippen molar-refractivity contribution in [1.29, 1.82) is 0 Å². The molecule has 2 fully saturated rings. The van der Waals surface area contributed by atoms with E-state index >= 15 is 0 Å². The van der Waals surface area contributed by atoms with E-state index in [1.807, 2.05) is 0 Å². The van der Waals surface area contributed by atoms with E-state index in [0.29, 0.717) is 13.1 Å². The number of hydrogen-bond donors (Lipinski definition) is 0. The molecule has 0 aromatic carbocycles. The van der Waals surface area contributed by atoms with Gasteiger partial charge in [0.2, 0.25) is 0 Å². The van der Waals surface area contributed by atoms with Crippen molar-refractivity contribution in [1.82, 2.24) is 9.80 Å². The molecular formula is C11H14N2O3. The maximum atomic E-state index is 12.0. The smallest absolute Gasteiger partial charge is 0.331 e. The Kier molecular flexibility index (Phi) is 2.68. The molecule has 0 aromatic rings. The second-order valence-corrected chi connectivity index (χ2v) is 3.81. The van der Waals surface area contributed by atoms with Crippen LogP contribution in [0.4, 0.5) is 4.79 Å². The highest BCUT2D eigenvalue weighted by atomic mass is 16.5.